The second-order valence-electron chi connectivity index (χ2n) is 4.37. The first-order chi connectivity index (χ1) is 7.79. The lowest BCUT2D eigenvalue weighted by Crippen LogP contribution is -2.22. The minimum absolute atomic E-state index is 0.729. The van der Waals surface area contributed by atoms with Gasteiger partial charge in [-0.1, -0.05) is 13.8 Å². The maximum Gasteiger partial charge on any atom is 0.105 e. The van der Waals surface area contributed by atoms with Crippen LogP contribution in [0.4, 0.5) is 0 Å². The molecule has 0 aromatic carbocycles. The third-order valence-electron chi connectivity index (χ3n) is 2.39. The van der Waals surface area contributed by atoms with Crippen molar-refractivity contribution in [2.24, 2.45) is 5.92 Å². The fraction of sp³-hybridized carbons (Fsp3) is 0.692. The van der Waals surface area contributed by atoms with Gasteiger partial charge < -0.3 is 14.5 Å². The zero-order valence-electron chi connectivity index (χ0n) is 10.4. The monoisotopic (exact) mass is 225 g/mol. The van der Waals surface area contributed by atoms with E-state index in [9.17, 15) is 0 Å². The highest BCUT2D eigenvalue weighted by Crippen LogP contribution is 1.99. The molecule has 0 unspecified atom stereocenters. The van der Waals surface area contributed by atoms with Gasteiger partial charge in [-0.15, -0.1) is 0 Å². The zero-order chi connectivity index (χ0) is 11.6. The number of rotatable bonds is 9. The molecule has 1 rings (SSSR count). The molecule has 0 radical (unpaired) electrons. The van der Waals surface area contributed by atoms with E-state index >= 15 is 0 Å². The summed E-state index contributed by atoms with van der Waals surface area (Å²) in [6.45, 7) is 7.96. The normalized spacial score (nSPS) is 11.2. The molecule has 0 saturated heterocycles. The highest BCUT2D eigenvalue weighted by Gasteiger charge is 1.95. The van der Waals surface area contributed by atoms with E-state index in [4.69, 9.17) is 9.15 Å². The van der Waals surface area contributed by atoms with Crippen LogP contribution in [0.15, 0.2) is 22.8 Å². The Morgan fingerprint density at radius 1 is 1.31 bits per heavy atom. The van der Waals surface area contributed by atoms with E-state index < -0.39 is 0 Å². The fourth-order valence-corrected chi connectivity index (χ4v) is 1.36. The Balaban J connectivity index is 1.82. The van der Waals surface area contributed by atoms with E-state index in [1.165, 1.54) is 0 Å². The molecular formula is C13H23NO2. The maximum atomic E-state index is 5.50. The molecule has 1 N–H and O–H groups in total. The van der Waals surface area contributed by atoms with E-state index in [-0.39, 0.29) is 0 Å². The quantitative estimate of drug-likeness (QED) is 0.656. The topological polar surface area (TPSA) is 34.4 Å². The molecule has 1 aromatic rings. The van der Waals surface area contributed by atoms with Crippen molar-refractivity contribution in [1.29, 1.82) is 0 Å². The Hall–Kier alpha value is -0.800. The summed E-state index contributed by atoms with van der Waals surface area (Å²) in [5.74, 6) is 1.76. The number of hydrogen-bond acceptors (Lipinski definition) is 3. The average Bonchev–Trinajstić information content (AvgIpc) is 2.74. The van der Waals surface area contributed by atoms with E-state index in [1.807, 2.05) is 12.1 Å². The van der Waals surface area contributed by atoms with Crippen molar-refractivity contribution in [3.05, 3.63) is 24.2 Å². The average molecular weight is 225 g/mol. The predicted octanol–water partition coefficient (Wildman–Crippen LogP) is 2.47. The molecule has 0 bridgehead atoms. The van der Waals surface area contributed by atoms with Crippen molar-refractivity contribution < 1.29 is 9.15 Å². The van der Waals surface area contributed by atoms with Crippen molar-refractivity contribution in [2.75, 3.05) is 26.3 Å². The Morgan fingerprint density at radius 2 is 2.19 bits per heavy atom. The Morgan fingerprint density at radius 3 is 2.88 bits per heavy atom. The van der Waals surface area contributed by atoms with Gasteiger partial charge in [-0.2, -0.15) is 0 Å². The van der Waals surface area contributed by atoms with Crippen LogP contribution in [0.1, 0.15) is 26.0 Å². The van der Waals surface area contributed by atoms with Crippen LogP contribution in [0.3, 0.4) is 0 Å². The van der Waals surface area contributed by atoms with Crippen LogP contribution in [0.5, 0.6) is 0 Å². The Labute approximate surface area is 98.2 Å². The van der Waals surface area contributed by atoms with Gasteiger partial charge in [-0.25, -0.2) is 0 Å². The lowest BCUT2D eigenvalue weighted by Gasteiger charge is -2.07. The van der Waals surface area contributed by atoms with Crippen molar-refractivity contribution in [2.45, 2.75) is 26.7 Å². The molecule has 3 heteroatoms. The second kappa shape index (κ2) is 8.36. The molecule has 0 aliphatic rings. The van der Waals surface area contributed by atoms with Crippen molar-refractivity contribution >= 4 is 0 Å². The van der Waals surface area contributed by atoms with E-state index in [1.54, 1.807) is 6.26 Å². The van der Waals surface area contributed by atoms with E-state index in [0.717, 1.165) is 50.8 Å². The van der Waals surface area contributed by atoms with Crippen LogP contribution in [0, 0.1) is 5.92 Å². The van der Waals surface area contributed by atoms with Gasteiger partial charge >= 0.3 is 0 Å². The van der Waals surface area contributed by atoms with Crippen molar-refractivity contribution in [3.8, 4) is 0 Å². The summed E-state index contributed by atoms with van der Waals surface area (Å²) in [4.78, 5) is 0. The van der Waals surface area contributed by atoms with Crippen LogP contribution in [0.25, 0.3) is 0 Å². The molecule has 0 aliphatic carbocycles. The number of ether oxygens (including phenoxy) is 1. The predicted molar refractivity (Wildman–Crippen MR) is 65.6 cm³/mol. The largest absolute Gasteiger partial charge is 0.469 e. The first-order valence-electron chi connectivity index (χ1n) is 6.10. The maximum absolute atomic E-state index is 5.50. The summed E-state index contributed by atoms with van der Waals surface area (Å²) >= 11 is 0. The molecule has 0 saturated carbocycles. The summed E-state index contributed by atoms with van der Waals surface area (Å²) in [5, 5.41) is 3.33. The highest BCUT2D eigenvalue weighted by molar-refractivity contribution is 4.98. The van der Waals surface area contributed by atoms with E-state index in [0.29, 0.717) is 0 Å². The first kappa shape index (κ1) is 13.3. The fourth-order valence-electron chi connectivity index (χ4n) is 1.36. The number of hydrogen-bond donors (Lipinski definition) is 1. The standard InChI is InChI=1S/C13H23NO2/c1-12(2)6-10-15-11-8-14-7-5-13-4-3-9-16-13/h3-4,9,12,14H,5-8,10-11H2,1-2H3. The number of nitrogens with one attached hydrogen (secondary N) is 1. The molecule has 0 fully saturated rings. The minimum Gasteiger partial charge on any atom is -0.469 e. The van der Waals surface area contributed by atoms with Gasteiger partial charge in [0.1, 0.15) is 5.76 Å². The molecule has 3 nitrogen and oxygen atoms in total. The lowest BCUT2D eigenvalue weighted by atomic mass is 10.1. The zero-order valence-corrected chi connectivity index (χ0v) is 10.4. The third kappa shape index (κ3) is 6.64. The smallest absolute Gasteiger partial charge is 0.105 e. The third-order valence-corrected chi connectivity index (χ3v) is 2.39. The van der Waals surface area contributed by atoms with Gasteiger partial charge in [0.05, 0.1) is 12.9 Å². The lowest BCUT2D eigenvalue weighted by molar-refractivity contribution is 0.125. The van der Waals surface area contributed by atoms with Crippen molar-refractivity contribution in [1.82, 2.24) is 5.32 Å². The Bertz CT molecular complexity index is 244. The molecule has 0 spiro atoms. The molecule has 16 heavy (non-hydrogen) atoms. The Kier molecular flexibility index (Phi) is 6.93. The van der Waals surface area contributed by atoms with Crippen molar-refractivity contribution in [3.63, 3.8) is 0 Å². The molecule has 1 heterocycles. The molecule has 0 amide bonds. The van der Waals surface area contributed by atoms with E-state index in [2.05, 4.69) is 19.2 Å². The first-order valence-corrected chi connectivity index (χ1v) is 6.10. The van der Waals surface area contributed by atoms with Gasteiger partial charge in [-0.05, 0) is 24.5 Å². The van der Waals surface area contributed by atoms with Crippen LogP contribution in [0.2, 0.25) is 0 Å². The van der Waals surface area contributed by atoms with Crippen LogP contribution >= 0.6 is 0 Å². The van der Waals surface area contributed by atoms with Crippen LogP contribution < -0.4 is 5.32 Å². The minimum atomic E-state index is 0.729. The van der Waals surface area contributed by atoms with Gasteiger partial charge in [0.2, 0.25) is 0 Å². The summed E-state index contributed by atoms with van der Waals surface area (Å²) in [5.41, 5.74) is 0. The summed E-state index contributed by atoms with van der Waals surface area (Å²) < 4.78 is 10.7. The van der Waals surface area contributed by atoms with Gasteiger partial charge in [-0.3, -0.25) is 0 Å². The summed E-state index contributed by atoms with van der Waals surface area (Å²) in [7, 11) is 0. The molecule has 92 valence electrons. The van der Waals surface area contributed by atoms with Crippen LogP contribution in [-0.4, -0.2) is 26.3 Å². The molecule has 0 aliphatic heterocycles. The van der Waals surface area contributed by atoms with Gasteiger partial charge in [0.15, 0.2) is 0 Å². The highest BCUT2D eigenvalue weighted by atomic mass is 16.5. The SMILES string of the molecule is CC(C)CCOCCNCCc1ccco1. The molecule has 0 atom stereocenters. The number of furan rings is 1. The van der Waals surface area contributed by atoms with Crippen LogP contribution in [-0.2, 0) is 11.2 Å². The molecular weight excluding hydrogens is 202 g/mol. The molecule has 1 aromatic heterocycles. The van der Waals surface area contributed by atoms with Gasteiger partial charge in [0.25, 0.3) is 0 Å². The summed E-state index contributed by atoms with van der Waals surface area (Å²) in [6.07, 6.45) is 3.80. The second-order valence-corrected chi connectivity index (χ2v) is 4.37. The van der Waals surface area contributed by atoms with Gasteiger partial charge in [0, 0.05) is 26.1 Å². The summed E-state index contributed by atoms with van der Waals surface area (Å²) in [6, 6.07) is 3.92.